The molecular weight excluding hydrogens is 346 g/mol. The van der Waals surface area contributed by atoms with Crippen LogP contribution in [0.2, 0.25) is 0 Å². The van der Waals surface area contributed by atoms with E-state index in [4.69, 9.17) is 11.5 Å². The number of hydrogen-bond donors (Lipinski definition) is 3. The highest BCUT2D eigenvalue weighted by Crippen LogP contribution is 2.32. The van der Waals surface area contributed by atoms with Crippen LogP contribution in [-0.4, -0.2) is 33.7 Å². The van der Waals surface area contributed by atoms with Crippen molar-refractivity contribution in [3.05, 3.63) is 29.8 Å². The van der Waals surface area contributed by atoms with Gasteiger partial charge < -0.3 is 16.6 Å². The summed E-state index contributed by atoms with van der Waals surface area (Å²) in [6, 6.07) is 8.27. The fraction of sp³-hybridized carbons (Fsp3) is 0.550. The number of rotatable bonds is 1. The van der Waals surface area contributed by atoms with Gasteiger partial charge in [-0.15, -0.1) is 11.3 Å². The lowest BCUT2D eigenvalue weighted by Gasteiger charge is -2.44. The van der Waals surface area contributed by atoms with Crippen molar-refractivity contribution in [3.8, 4) is 0 Å². The van der Waals surface area contributed by atoms with E-state index in [2.05, 4.69) is 19.1 Å². The average Bonchev–Trinajstić information content (AvgIpc) is 2.84. The van der Waals surface area contributed by atoms with Gasteiger partial charge in [0.25, 0.3) is 0 Å². The molecule has 2 aromatic rings. The third-order valence-corrected chi connectivity index (χ3v) is 6.02. The van der Waals surface area contributed by atoms with Gasteiger partial charge in [-0.2, -0.15) is 0 Å². The largest absolute Gasteiger partial charge is 0.465 e. The predicted molar refractivity (Wildman–Crippen MR) is 111 cm³/mol. The Labute approximate surface area is 160 Å². The van der Waals surface area contributed by atoms with Gasteiger partial charge in [-0.3, -0.25) is 4.90 Å². The summed E-state index contributed by atoms with van der Waals surface area (Å²) in [6.07, 6.45) is 3.17. The van der Waals surface area contributed by atoms with Gasteiger partial charge in [0.15, 0.2) is 0 Å². The summed E-state index contributed by atoms with van der Waals surface area (Å²) in [5.74, 6) is 0. The van der Waals surface area contributed by atoms with Crippen LogP contribution in [0.4, 0.5) is 9.80 Å². The highest BCUT2D eigenvalue weighted by molar-refractivity contribution is 7.22. The molecule has 0 bridgehead atoms. The van der Waals surface area contributed by atoms with E-state index in [1.807, 2.05) is 32.9 Å². The van der Waals surface area contributed by atoms with Gasteiger partial charge in [-0.05, 0) is 57.6 Å². The second-order valence-corrected chi connectivity index (χ2v) is 9.01. The minimum atomic E-state index is -0.857. The van der Waals surface area contributed by atoms with E-state index >= 15 is 0 Å². The van der Waals surface area contributed by atoms with Gasteiger partial charge in [0.1, 0.15) is 0 Å². The first kappa shape index (κ1) is 20.5. The standard InChI is InChI=1S/C11H22N2O2.C9H9NS/c1-11(2,3)13(10(14)15)9-7-5-4-6-8(9)12;1-6-7-4-2-3-5-8(7)11-9(6)10/h8-9H,4-7,12H2,1-3H3,(H,14,15);2-5H,10H2,1H3/t8-,9+;/m1./s1. The molecule has 0 spiro atoms. The number of anilines is 1. The van der Waals surface area contributed by atoms with Crippen molar-refractivity contribution < 1.29 is 9.90 Å². The molecule has 1 fully saturated rings. The molecule has 5 N–H and O–H groups in total. The zero-order valence-electron chi connectivity index (χ0n) is 16.2. The third kappa shape index (κ3) is 4.68. The average molecular weight is 378 g/mol. The molecule has 1 saturated carbocycles. The van der Waals surface area contributed by atoms with Crippen molar-refractivity contribution in [1.29, 1.82) is 0 Å². The van der Waals surface area contributed by atoms with E-state index in [1.165, 1.54) is 20.5 Å². The molecule has 0 unspecified atom stereocenters. The van der Waals surface area contributed by atoms with Crippen LogP contribution in [0.25, 0.3) is 10.1 Å². The van der Waals surface area contributed by atoms with Gasteiger partial charge in [-0.25, -0.2) is 4.79 Å². The molecule has 6 heteroatoms. The van der Waals surface area contributed by atoms with Crippen LogP contribution in [0, 0.1) is 6.92 Å². The van der Waals surface area contributed by atoms with Crippen molar-refractivity contribution in [2.24, 2.45) is 5.73 Å². The first-order chi connectivity index (χ1) is 12.1. The molecule has 1 aliphatic rings. The number of nitrogens with two attached hydrogens (primary N) is 2. The summed E-state index contributed by atoms with van der Waals surface area (Å²) in [4.78, 5) is 12.8. The van der Waals surface area contributed by atoms with E-state index in [0.717, 1.165) is 30.7 Å². The van der Waals surface area contributed by atoms with Gasteiger partial charge in [-0.1, -0.05) is 31.0 Å². The minimum absolute atomic E-state index is 0.00549. The molecule has 5 nitrogen and oxygen atoms in total. The van der Waals surface area contributed by atoms with Crippen LogP contribution < -0.4 is 11.5 Å². The van der Waals surface area contributed by atoms with Crippen molar-refractivity contribution in [1.82, 2.24) is 4.90 Å². The van der Waals surface area contributed by atoms with Gasteiger partial charge >= 0.3 is 6.09 Å². The van der Waals surface area contributed by atoms with Crippen LogP contribution in [0.3, 0.4) is 0 Å². The Hall–Kier alpha value is -1.79. The van der Waals surface area contributed by atoms with Crippen LogP contribution in [0.5, 0.6) is 0 Å². The number of amides is 1. The lowest BCUT2D eigenvalue weighted by Crippen LogP contribution is -2.58. The fourth-order valence-electron chi connectivity index (χ4n) is 3.58. The summed E-state index contributed by atoms with van der Waals surface area (Å²) in [5.41, 5.74) is 12.6. The zero-order chi connectivity index (χ0) is 19.5. The maximum absolute atomic E-state index is 11.3. The molecule has 1 amide bonds. The molecule has 1 heterocycles. The highest BCUT2D eigenvalue weighted by Gasteiger charge is 2.37. The maximum atomic E-state index is 11.3. The minimum Gasteiger partial charge on any atom is -0.465 e. The summed E-state index contributed by atoms with van der Waals surface area (Å²) < 4.78 is 1.28. The van der Waals surface area contributed by atoms with Gasteiger partial charge in [0.05, 0.1) is 11.0 Å². The van der Waals surface area contributed by atoms with E-state index in [-0.39, 0.29) is 17.6 Å². The van der Waals surface area contributed by atoms with Crippen molar-refractivity contribution >= 4 is 32.5 Å². The Morgan fingerprint density at radius 3 is 2.38 bits per heavy atom. The van der Waals surface area contributed by atoms with E-state index in [0.29, 0.717) is 0 Å². The second kappa shape index (κ2) is 8.27. The maximum Gasteiger partial charge on any atom is 0.408 e. The van der Waals surface area contributed by atoms with Crippen molar-refractivity contribution in [2.75, 3.05) is 5.73 Å². The number of thiophene rings is 1. The third-order valence-electron chi connectivity index (χ3n) is 4.92. The summed E-state index contributed by atoms with van der Waals surface area (Å²) in [6.45, 7) is 7.82. The molecule has 0 saturated heterocycles. The summed E-state index contributed by atoms with van der Waals surface area (Å²) in [7, 11) is 0. The quantitative estimate of drug-likeness (QED) is 0.664. The Morgan fingerprint density at radius 2 is 1.85 bits per heavy atom. The SMILES string of the molecule is CC(C)(C)N(C(=O)O)[C@H]1CCCC[C@H]1N.Cc1c(N)sc2ccccc12. The molecular formula is C20H31N3O2S. The second-order valence-electron chi connectivity index (χ2n) is 7.93. The summed E-state index contributed by atoms with van der Waals surface area (Å²) in [5, 5.41) is 11.5. The molecule has 1 aromatic carbocycles. The Kier molecular flexibility index (Phi) is 6.53. The number of hydrogen-bond acceptors (Lipinski definition) is 4. The van der Waals surface area contributed by atoms with Crippen LogP contribution in [0.15, 0.2) is 24.3 Å². The molecule has 26 heavy (non-hydrogen) atoms. The van der Waals surface area contributed by atoms with Gasteiger partial charge in [0.2, 0.25) is 0 Å². The Bertz CT molecular complexity index is 751. The number of carbonyl (C=O) groups is 1. The molecule has 3 rings (SSSR count). The lowest BCUT2D eigenvalue weighted by molar-refractivity contribution is 0.0491. The van der Waals surface area contributed by atoms with Crippen LogP contribution >= 0.6 is 11.3 Å². The fourth-order valence-corrected chi connectivity index (χ4v) is 4.56. The Morgan fingerprint density at radius 1 is 1.23 bits per heavy atom. The molecule has 2 atom stereocenters. The molecule has 0 aliphatic heterocycles. The van der Waals surface area contributed by atoms with Crippen LogP contribution in [-0.2, 0) is 0 Å². The molecule has 1 aliphatic carbocycles. The van der Waals surface area contributed by atoms with E-state index < -0.39 is 6.09 Å². The van der Waals surface area contributed by atoms with Crippen LogP contribution in [0.1, 0.15) is 52.0 Å². The lowest BCUT2D eigenvalue weighted by atomic mass is 9.87. The number of carboxylic acid groups (broad SMARTS) is 1. The first-order valence-corrected chi connectivity index (χ1v) is 9.96. The van der Waals surface area contributed by atoms with Crippen molar-refractivity contribution in [3.63, 3.8) is 0 Å². The molecule has 144 valence electrons. The number of fused-ring (bicyclic) bond motifs is 1. The smallest absolute Gasteiger partial charge is 0.408 e. The molecule has 0 radical (unpaired) electrons. The van der Waals surface area contributed by atoms with E-state index in [1.54, 1.807) is 11.3 Å². The zero-order valence-corrected chi connectivity index (χ0v) is 17.0. The normalized spacial score (nSPS) is 20.3. The number of nitrogen functional groups attached to an aromatic ring is 1. The van der Waals surface area contributed by atoms with Gasteiger partial charge in [0, 0.05) is 16.3 Å². The Balaban J connectivity index is 0.000000195. The van der Waals surface area contributed by atoms with Crippen molar-refractivity contribution in [2.45, 2.75) is 71.0 Å². The monoisotopic (exact) mass is 377 g/mol. The predicted octanol–water partition coefficient (Wildman–Crippen LogP) is 4.83. The highest BCUT2D eigenvalue weighted by atomic mass is 32.1. The van der Waals surface area contributed by atoms with E-state index in [9.17, 15) is 9.90 Å². The summed E-state index contributed by atoms with van der Waals surface area (Å²) >= 11 is 1.66. The topological polar surface area (TPSA) is 92.6 Å². The number of aryl methyl sites for hydroxylation is 1. The molecule has 1 aromatic heterocycles. The first-order valence-electron chi connectivity index (χ1n) is 9.14. The number of benzene rings is 1. The number of nitrogens with zero attached hydrogens (tertiary/aromatic N) is 1.